The van der Waals surface area contributed by atoms with Crippen LogP contribution in [0.2, 0.25) is 5.02 Å². The second-order valence-corrected chi connectivity index (χ2v) is 7.32. The van der Waals surface area contributed by atoms with Crippen molar-refractivity contribution >= 4 is 34.2 Å². The minimum Gasteiger partial charge on any atom is -0.324 e. The molecule has 1 heterocycles. The number of benzene rings is 3. The number of rotatable bonds is 4. The van der Waals surface area contributed by atoms with Gasteiger partial charge in [0.05, 0.1) is 17.4 Å². The number of hydrogen-bond donors (Lipinski definition) is 1. The van der Waals surface area contributed by atoms with Crippen molar-refractivity contribution < 1.29 is 4.79 Å². The van der Waals surface area contributed by atoms with Crippen LogP contribution in [0.4, 0.5) is 5.69 Å². The second-order valence-electron chi connectivity index (χ2n) is 6.89. The molecule has 0 aliphatic rings. The molecule has 1 N–H and O–H groups in total. The van der Waals surface area contributed by atoms with Crippen LogP contribution in [0.3, 0.4) is 0 Å². The number of nitrogens with one attached hydrogen (secondary N) is 1. The molecule has 1 amide bonds. The van der Waals surface area contributed by atoms with Gasteiger partial charge >= 0.3 is 0 Å². The summed E-state index contributed by atoms with van der Waals surface area (Å²) in [7, 11) is 0. The molecule has 4 aromatic rings. The third-order valence-electron chi connectivity index (χ3n) is 4.94. The Kier molecular flexibility index (Phi) is 4.88. The van der Waals surface area contributed by atoms with E-state index in [1.54, 1.807) is 30.6 Å². The summed E-state index contributed by atoms with van der Waals surface area (Å²) in [5.74, 6) is -0.133. The van der Waals surface area contributed by atoms with Gasteiger partial charge in [0.25, 0.3) is 5.91 Å². The topological polar surface area (TPSA) is 46.9 Å². The number of fused-ring (bicyclic) bond motifs is 1. The van der Waals surface area contributed by atoms with E-state index in [1.165, 1.54) is 11.1 Å². The van der Waals surface area contributed by atoms with Gasteiger partial charge in [-0.05, 0) is 66.9 Å². The van der Waals surface area contributed by atoms with Crippen molar-refractivity contribution in [3.8, 4) is 0 Å². The maximum absolute atomic E-state index is 13.3. The predicted octanol–water partition coefficient (Wildman–Crippen LogP) is 5.53. The maximum atomic E-state index is 13.3. The lowest BCUT2D eigenvalue weighted by atomic mass is 10.0. The van der Waals surface area contributed by atoms with Gasteiger partial charge in [-0.1, -0.05) is 41.9 Å². The van der Waals surface area contributed by atoms with Gasteiger partial charge in [-0.25, -0.2) is 4.98 Å². The molecule has 5 heteroatoms. The number of carbonyl (C=O) groups is 1. The fourth-order valence-corrected chi connectivity index (χ4v) is 3.43. The number of amides is 1. The van der Waals surface area contributed by atoms with Crippen molar-refractivity contribution in [3.63, 3.8) is 0 Å². The van der Waals surface area contributed by atoms with Gasteiger partial charge in [-0.2, -0.15) is 0 Å². The van der Waals surface area contributed by atoms with Crippen molar-refractivity contribution in [2.24, 2.45) is 0 Å². The van der Waals surface area contributed by atoms with E-state index in [0.717, 1.165) is 16.6 Å². The van der Waals surface area contributed by atoms with Crippen LogP contribution in [-0.2, 0) is 4.79 Å². The number of halogens is 1. The van der Waals surface area contributed by atoms with Gasteiger partial charge in [0, 0.05) is 10.7 Å². The molecule has 1 aromatic heterocycles. The van der Waals surface area contributed by atoms with Crippen LogP contribution in [0.25, 0.3) is 11.0 Å². The van der Waals surface area contributed by atoms with E-state index in [2.05, 4.69) is 36.3 Å². The number of nitrogens with zero attached hydrogens (tertiary/aromatic N) is 2. The molecule has 0 saturated heterocycles. The summed E-state index contributed by atoms with van der Waals surface area (Å²) in [5.41, 5.74) is 5.75. The molecule has 4 rings (SSSR count). The average molecular weight is 390 g/mol. The van der Waals surface area contributed by atoms with Crippen LogP contribution in [0.15, 0.2) is 73.1 Å². The number of imidazole rings is 1. The molecule has 0 radical (unpaired) electrons. The molecule has 4 nitrogen and oxygen atoms in total. The molecule has 0 aliphatic carbocycles. The largest absolute Gasteiger partial charge is 0.324 e. The highest BCUT2D eigenvalue weighted by Gasteiger charge is 2.24. The maximum Gasteiger partial charge on any atom is 0.252 e. The standard InChI is InChI=1S/C23H20ClN3O/c1-15-12-20-21(13-16(15)2)27(14-25-20)22(17-6-4-3-5-7-17)23(28)26-19-10-8-18(24)9-11-19/h3-14,22H,1-2H3,(H,26,28)/t22-/m0/s1. The Morgan fingerprint density at radius 3 is 2.39 bits per heavy atom. The summed E-state index contributed by atoms with van der Waals surface area (Å²) < 4.78 is 1.93. The van der Waals surface area contributed by atoms with Crippen molar-refractivity contribution in [3.05, 3.63) is 94.8 Å². The Bertz CT molecular complexity index is 1130. The molecule has 1 atom stereocenters. The van der Waals surface area contributed by atoms with Crippen LogP contribution in [0.5, 0.6) is 0 Å². The first-order valence-corrected chi connectivity index (χ1v) is 9.46. The molecule has 28 heavy (non-hydrogen) atoms. The van der Waals surface area contributed by atoms with E-state index in [-0.39, 0.29) is 5.91 Å². The third-order valence-corrected chi connectivity index (χ3v) is 5.20. The molecule has 0 unspecified atom stereocenters. The van der Waals surface area contributed by atoms with Crippen molar-refractivity contribution in [1.82, 2.24) is 9.55 Å². The summed E-state index contributed by atoms with van der Waals surface area (Å²) in [4.78, 5) is 17.8. The van der Waals surface area contributed by atoms with E-state index < -0.39 is 6.04 Å². The lowest BCUT2D eigenvalue weighted by Gasteiger charge is -2.20. The molecule has 3 aromatic carbocycles. The van der Waals surface area contributed by atoms with Gasteiger partial charge in [0.1, 0.15) is 6.04 Å². The first-order chi connectivity index (χ1) is 13.5. The Labute approximate surface area is 168 Å². The van der Waals surface area contributed by atoms with Gasteiger partial charge in [-0.3, -0.25) is 4.79 Å². The number of aromatic nitrogens is 2. The van der Waals surface area contributed by atoms with Crippen LogP contribution in [0.1, 0.15) is 22.7 Å². The minimum atomic E-state index is -0.538. The first kappa shape index (κ1) is 18.3. The highest BCUT2D eigenvalue weighted by atomic mass is 35.5. The summed E-state index contributed by atoms with van der Waals surface area (Å²) >= 11 is 5.96. The normalized spacial score (nSPS) is 12.1. The van der Waals surface area contributed by atoms with E-state index in [1.807, 2.05) is 34.9 Å². The zero-order valence-corrected chi connectivity index (χ0v) is 16.4. The fraction of sp³-hybridized carbons (Fsp3) is 0.130. The minimum absolute atomic E-state index is 0.133. The van der Waals surface area contributed by atoms with E-state index in [9.17, 15) is 4.79 Å². The summed E-state index contributed by atoms with van der Waals surface area (Å²) in [6.45, 7) is 4.13. The van der Waals surface area contributed by atoms with Crippen molar-refractivity contribution in [2.75, 3.05) is 5.32 Å². The zero-order chi connectivity index (χ0) is 19.7. The van der Waals surface area contributed by atoms with Gasteiger partial charge in [0.15, 0.2) is 0 Å². The lowest BCUT2D eigenvalue weighted by Crippen LogP contribution is -2.26. The Balaban J connectivity index is 1.79. The molecule has 0 spiro atoms. The Hall–Kier alpha value is -3.11. The lowest BCUT2D eigenvalue weighted by molar-refractivity contribution is -0.118. The molecule has 0 fully saturated rings. The quantitative estimate of drug-likeness (QED) is 0.498. The average Bonchev–Trinajstić information content (AvgIpc) is 3.07. The molecule has 0 bridgehead atoms. The Morgan fingerprint density at radius 2 is 1.68 bits per heavy atom. The van der Waals surface area contributed by atoms with E-state index >= 15 is 0 Å². The van der Waals surface area contributed by atoms with Crippen LogP contribution >= 0.6 is 11.6 Å². The van der Waals surface area contributed by atoms with Gasteiger partial charge in [0.2, 0.25) is 0 Å². The second kappa shape index (κ2) is 7.49. The number of hydrogen-bond acceptors (Lipinski definition) is 2. The van der Waals surface area contributed by atoms with Crippen LogP contribution in [0, 0.1) is 13.8 Å². The van der Waals surface area contributed by atoms with Crippen LogP contribution < -0.4 is 5.32 Å². The van der Waals surface area contributed by atoms with Gasteiger partial charge in [-0.15, -0.1) is 0 Å². The molecule has 140 valence electrons. The monoisotopic (exact) mass is 389 g/mol. The van der Waals surface area contributed by atoms with Gasteiger partial charge < -0.3 is 9.88 Å². The van der Waals surface area contributed by atoms with E-state index in [0.29, 0.717) is 10.7 Å². The van der Waals surface area contributed by atoms with Crippen LogP contribution in [-0.4, -0.2) is 15.5 Å². The zero-order valence-electron chi connectivity index (χ0n) is 15.7. The highest BCUT2D eigenvalue weighted by Crippen LogP contribution is 2.27. The fourth-order valence-electron chi connectivity index (χ4n) is 3.31. The number of anilines is 1. The third kappa shape index (κ3) is 3.51. The molecular weight excluding hydrogens is 370 g/mol. The number of carbonyl (C=O) groups excluding carboxylic acids is 1. The SMILES string of the molecule is Cc1cc2ncn([C@H](C(=O)Nc3ccc(Cl)cc3)c3ccccc3)c2cc1C. The smallest absolute Gasteiger partial charge is 0.252 e. The summed E-state index contributed by atoms with van der Waals surface area (Å²) in [6.07, 6.45) is 1.74. The predicted molar refractivity (Wildman–Crippen MR) is 114 cm³/mol. The summed E-state index contributed by atoms with van der Waals surface area (Å²) in [5, 5.41) is 3.63. The highest BCUT2D eigenvalue weighted by molar-refractivity contribution is 6.30. The van der Waals surface area contributed by atoms with E-state index in [4.69, 9.17) is 11.6 Å². The van der Waals surface area contributed by atoms with Crippen molar-refractivity contribution in [1.29, 1.82) is 0 Å². The Morgan fingerprint density at radius 1 is 1.00 bits per heavy atom. The molecule has 0 aliphatic heterocycles. The summed E-state index contributed by atoms with van der Waals surface area (Å²) in [6, 6.07) is 20.4. The van der Waals surface area contributed by atoms with Crippen molar-refractivity contribution in [2.45, 2.75) is 19.9 Å². The number of aryl methyl sites for hydroxylation is 2. The first-order valence-electron chi connectivity index (χ1n) is 9.08. The molecular formula is C23H20ClN3O. The molecule has 0 saturated carbocycles.